The van der Waals surface area contributed by atoms with Gasteiger partial charge in [0.25, 0.3) is 0 Å². The largest absolute Gasteiger partial charge is 0.467 e. The zero-order valence-electron chi connectivity index (χ0n) is 18.2. The third kappa shape index (κ3) is 3.82. The normalized spacial score (nSPS) is 18.2. The fourth-order valence-corrected chi connectivity index (χ4v) is 4.93. The Morgan fingerprint density at radius 2 is 1.81 bits per heavy atom. The SMILES string of the molecule is Cc1cc([C@@H]2[C@@H](c3ccccn3)NC(=S)N2Cc2ccco2)c(C)n1Cc1ccccc1. The van der Waals surface area contributed by atoms with Crippen molar-refractivity contribution in [3.63, 3.8) is 0 Å². The molecule has 2 atom stereocenters. The maximum absolute atomic E-state index is 5.79. The molecule has 0 radical (unpaired) electrons. The Bertz CT molecular complexity index is 1200. The van der Waals surface area contributed by atoms with Gasteiger partial charge in [0.05, 0.1) is 30.6 Å². The molecule has 1 fully saturated rings. The van der Waals surface area contributed by atoms with Crippen LogP contribution < -0.4 is 5.32 Å². The van der Waals surface area contributed by atoms with Crippen molar-refractivity contribution in [2.24, 2.45) is 0 Å². The van der Waals surface area contributed by atoms with Crippen LogP contribution in [0, 0.1) is 13.8 Å². The van der Waals surface area contributed by atoms with Crippen molar-refractivity contribution in [3.05, 3.63) is 113 Å². The van der Waals surface area contributed by atoms with Gasteiger partial charge >= 0.3 is 0 Å². The molecule has 3 aromatic heterocycles. The molecule has 1 N–H and O–H groups in total. The number of aryl methyl sites for hydroxylation is 1. The topological polar surface area (TPSA) is 46.2 Å². The molecule has 1 aliphatic rings. The third-order valence-electron chi connectivity index (χ3n) is 6.22. The highest BCUT2D eigenvalue weighted by atomic mass is 32.1. The Labute approximate surface area is 193 Å². The van der Waals surface area contributed by atoms with Gasteiger partial charge in [0, 0.05) is 24.1 Å². The Balaban J connectivity index is 1.56. The number of benzene rings is 1. The molecule has 162 valence electrons. The molecule has 4 heterocycles. The lowest BCUT2D eigenvalue weighted by atomic mass is 9.96. The van der Waals surface area contributed by atoms with Crippen molar-refractivity contribution in [3.8, 4) is 0 Å². The minimum absolute atomic E-state index is 0.0122. The van der Waals surface area contributed by atoms with Crippen LogP contribution in [0.25, 0.3) is 0 Å². The summed E-state index contributed by atoms with van der Waals surface area (Å²) in [6, 6.07) is 22.8. The van der Waals surface area contributed by atoms with E-state index < -0.39 is 0 Å². The van der Waals surface area contributed by atoms with Crippen LogP contribution in [0.4, 0.5) is 0 Å². The molecule has 5 nitrogen and oxygen atoms in total. The lowest BCUT2D eigenvalue weighted by Crippen LogP contribution is -2.29. The average molecular weight is 443 g/mol. The molecular weight excluding hydrogens is 416 g/mol. The van der Waals surface area contributed by atoms with Crippen molar-refractivity contribution in [2.45, 2.75) is 39.0 Å². The van der Waals surface area contributed by atoms with E-state index in [0.29, 0.717) is 6.54 Å². The Morgan fingerprint density at radius 1 is 1.00 bits per heavy atom. The van der Waals surface area contributed by atoms with Crippen molar-refractivity contribution >= 4 is 17.3 Å². The van der Waals surface area contributed by atoms with E-state index in [1.807, 2.05) is 30.5 Å². The molecule has 1 aromatic carbocycles. The summed E-state index contributed by atoms with van der Waals surface area (Å²) < 4.78 is 8.04. The summed E-state index contributed by atoms with van der Waals surface area (Å²) in [7, 11) is 0. The highest BCUT2D eigenvalue weighted by Crippen LogP contribution is 2.41. The first-order valence-electron chi connectivity index (χ1n) is 10.8. The van der Waals surface area contributed by atoms with E-state index in [1.165, 1.54) is 22.5 Å². The number of thiocarbonyl (C=S) groups is 1. The second-order valence-electron chi connectivity index (χ2n) is 8.23. The predicted octanol–water partition coefficient (Wildman–Crippen LogP) is 5.31. The number of nitrogens with one attached hydrogen (secondary N) is 1. The standard InChI is InChI=1S/C26H26N4OS/c1-18-15-22(19(2)29(18)16-20-9-4-3-5-10-20)25-24(23-12-6-7-13-27-23)28-26(32)30(25)17-21-11-8-14-31-21/h3-15,24-25H,16-17H2,1-2H3,(H,28,32)/t24-,25-/m1/s1. The van der Waals surface area contributed by atoms with Gasteiger partial charge in [-0.05, 0) is 67.5 Å². The molecule has 1 saturated heterocycles. The van der Waals surface area contributed by atoms with Crippen LogP contribution in [0.2, 0.25) is 0 Å². The van der Waals surface area contributed by atoms with E-state index in [1.54, 1.807) is 6.26 Å². The van der Waals surface area contributed by atoms with Crippen molar-refractivity contribution in [2.75, 3.05) is 0 Å². The van der Waals surface area contributed by atoms with E-state index in [4.69, 9.17) is 16.6 Å². The first-order chi connectivity index (χ1) is 15.6. The van der Waals surface area contributed by atoms with Crippen LogP contribution in [0.15, 0.2) is 83.6 Å². The van der Waals surface area contributed by atoms with Crippen molar-refractivity contribution in [1.29, 1.82) is 0 Å². The van der Waals surface area contributed by atoms with Gasteiger partial charge in [-0.3, -0.25) is 4.98 Å². The van der Waals surface area contributed by atoms with Crippen LogP contribution in [-0.4, -0.2) is 19.6 Å². The van der Waals surface area contributed by atoms with Crippen LogP contribution >= 0.6 is 12.2 Å². The number of hydrogen-bond acceptors (Lipinski definition) is 3. The molecule has 0 unspecified atom stereocenters. The van der Waals surface area contributed by atoms with E-state index >= 15 is 0 Å². The second-order valence-corrected chi connectivity index (χ2v) is 8.62. The number of furan rings is 1. The highest BCUT2D eigenvalue weighted by molar-refractivity contribution is 7.80. The second kappa shape index (κ2) is 8.63. The smallest absolute Gasteiger partial charge is 0.170 e. The fraction of sp³-hybridized carbons (Fsp3) is 0.231. The van der Waals surface area contributed by atoms with Gasteiger partial charge in [-0.2, -0.15) is 0 Å². The number of aromatic nitrogens is 2. The van der Waals surface area contributed by atoms with Crippen molar-refractivity contribution in [1.82, 2.24) is 19.8 Å². The number of rotatable bonds is 6. The highest BCUT2D eigenvalue weighted by Gasteiger charge is 2.41. The molecule has 0 saturated carbocycles. The molecule has 6 heteroatoms. The van der Waals surface area contributed by atoms with Gasteiger partial charge in [-0.25, -0.2) is 0 Å². The predicted molar refractivity (Wildman–Crippen MR) is 129 cm³/mol. The van der Waals surface area contributed by atoms with E-state index in [9.17, 15) is 0 Å². The van der Waals surface area contributed by atoms with Gasteiger partial charge < -0.3 is 19.2 Å². The quantitative estimate of drug-likeness (QED) is 0.410. The first kappa shape index (κ1) is 20.5. The summed E-state index contributed by atoms with van der Waals surface area (Å²) in [6.07, 6.45) is 3.55. The minimum Gasteiger partial charge on any atom is -0.467 e. The molecule has 0 aliphatic carbocycles. The molecule has 0 bridgehead atoms. The maximum Gasteiger partial charge on any atom is 0.170 e. The summed E-state index contributed by atoms with van der Waals surface area (Å²) >= 11 is 5.79. The molecule has 32 heavy (non-hydrogen) atoms. The Kier molecular flexibility index (Phi) is 5.53. The summed E-state index contributed by atoms with van der Waals surface area (Å²) in [5.74, 6) is 0.888. The van der Waals surface area contributed by atoms with E-state index in [2.05, 4.69) is 76.1 Å². The van der Waals surface area contributed by atoms with Crippen LogP contribution in [-0.2, 0) is 13.1 Å². The van der Waals surface area contributed by atoms with Crippen LogP contribution in [0.3, 0.4) is 0 Å². The summed E-state index contributed by atoms with van der Waals surface area (Å²) in [4.78, 5) is 6.87. The van der Waals surface area contributed by atoms with E-state index in [0.717, 1.165) is 23.1 Å². The first-order valence-corrected chi connectivity index (χ1v) is 11.2. The monoisotopic (exact) mass is 442 g/mol. The molecular formula is C26H26N4OS. The lowest BCUT2D eigenvalue weighted by Gasteiger charge is -2.27. The molecule has 0 amide bonds. The number of pyridine rings is 1. The summed E-state index contributed by atoms with van der Waals surface area (Å²) in [5.41, 5.74) is 6.00. The Hall–Kier alpha value is -3.38. The summed E-state index contributed by atoms with van der Waals surface area (Å²) in [5, 5.41) is 4.25. The van der Waals surface area contributed by atoms with Crippen molar-refractivity contribution < 1.29 is 4.42 Å². The molecule has 1 aliphatic heterocycles. The molecule has 4 aromatic rings. The molecule has 0 spiro atoms. The zero-order valence-corrected chi connectivity index (χ0v) is 19.0. The lowest BCUT2D eigenvalue weighted by molar-refractivity contribution is 0.286. The van der Waals surface area contributed by atoms with Gasteiger partial charge in [0.15, 0.2) is 5.11 Å². The third-order valence-corrected chi connectivity index (χ3v) is 6.57. The maximum atomic E-state index is 5.79. The van der Waals surface area contributed by atoms with Gasteiger partial charge in [0.1, 0.15) is 5.76 Å². The molecule has 5 rings (SSSR count). The van der Waals surface area contributed by atoms with E-state index in [-0.39, 0.29) is 12.1 Å². The van der Waals surface area contributed by atoms with Crippen LogP contribution in [0.1, 0.15) is 46.1 Å². The Morgan fingerprint density at radius 3 is 2.53 bits per heavy atom. The average Bonchev–Trinajstić information content (AvgIpc) is 3.51. The van der Waals surface area contributed by atoms with Gasteiger partial charge in [-0.1, -0.05) is 36.4 Å². The summed E-state index contributed by atoms with van der Waals surface area (Å²) in [6.45, 7) is 5.82. The minimum atomic E-state index is -0.0377. The number of hydrogen-bond donors (Lipinski definition) is 1. The van der Waals surface area contributed by atoms with Crippen LogP contribution in [0.5, 0.6) is 0 Å². The van der Waals surface area contributed by atoms with Gasteiger partial charge in [-0.15, -0.1) is 0 Å². The zero-order chi connectivity index (χ0) is 22.1. The fourth-order valence-electron chi connectivity index (χ4n) is 4.62. The number of nitrogens with zero attached hydrogens (tertiary/aromatic N) is 3. The van der Waals surface area contributed by atoms with Gasteiger partial charge in [0.2, 0.25) is 0 Å².